The second kappa shape index (κ2) is 3.96. The lowest BCUT2D eigenvalue weighted by atomic mass is 9.80. The van der Waals surface area contributed by atoms with Crippen LogP contribution in [0.5, 0.6) is 0 Å². The van der Waals surface area contributed by atoms with Crippen LogP contribution in [0.3, 0.4) is 0 Å². The van der Waals surface area contributed by atoms with E-state index in [-0.39, 0.29) is 10.8 Å². The van der Waals surface area contributed by atoms with Crippen molar-refractivity contribution in [2.24, 2.45) is 0 Å². The van der Waals surface area contributed by atoms with E-state index in [2.05, 4.69) is 58.7 Å². The highest BCUT2D eigenvalue weighted by Crippen LogP contribution is 2.29. The van der Waals surface area contributed by atoms with Gasteiger partial charge >= 0.3 is 0 Å². The van der Waals surface area contributed by atoms with Crippen LogP contribution in [-0.4, -0.2) is 4.98 Å². The van der Waals surface area contributed by atoms with Crippen LogP contribution in [0, 0.1) is 0 Å². The monoisotopic (exact) mass is 205 g/mol. The molecule has 0 aliphatic rings. The molecule has 1 rings (SSSR count). The van der Waals surface area contributed by atoms with Crippen molar-refractivity contribution >= 4 is 0 Å². The largest absolute Gasteiger partial charge is 0.261 e. The molecule has 0 aliphatic carbocycles. The minimum atomic E-state index is 0.139. The lowest BCUT2D eigenvalue weighted by Crippen LogP contribution is -2.19. The van der Waals surface area contributed by atoms with Crippen LogP contribution in [0.2, 0.25) is 0 Å². The fourth-order valence-corrected chi connectivity index (χ4v) is 1.47. The summed E-state index contributed by atoms with van der Waals surface area (Å²) in [5.41, 5.74) is 2.97. The van der Waals surface area contributed by atoms with Crippen molar-refractivity contribution < 1.29 is 0 Å². The Kier molecular flexibility index (Phi) is 3.22. The van der Waals surface area contributed by atoms with Crippen LogP contribution in [0.4, 0.5) is 0 Å². The lowest BCUT2D eigenvalue weighted by molar-refractivity contribution is 0.499. The molecule has 0 atom stereocenters. The van der Waals surface area contributed by atoms with Crippen molar-refractivity contribution in [3.8, 4) is 0 Å². The van der Waals surface area contributed by atoms with Gasteiger partial charge in [-0.3, -0.25) is 4.98 Å². The third-order valence-corrected chi connectivity index (χ3v) is 3.19. The van der Waals surface area contributed by atoms with Gasteiger partial charge in [-0.05, 0) is 29.5 Å². The summed E-state index contributed by atoms with van der Waals surface area (Å²) < 4.78 is 0. The van der Waals surface area contributed by atoms with Crippen LogP contribution in [0.25, 0.3) is 0 Å². The average Bonchev–Trinajstić information content (AvgIpc) is 2.17. The van der Waals surface area contributed by atoms with Gasteiger partial charge in [0.25, 0.3) is 0 Å². The van der Waals surface area contributed by atoms with E-state index in [1.165, 1.54) is 11.3 Å². The Hall–Kier alpha value is -0.850. The van der Waals surface area contributed by atoms with E-state index in [1.54, 1.807) is 0 Å². The first kappa shape index (κ1) is 12.2. The molecule has 0 radical (unpaired) electrons. The minimum Gasteiger partial charge on any atom is -0.261 e. The number of pyridine rings is 1. The van der Waals surface area contributed by atoms with E-state index in [1.807, 2.05) is 6.20 Å². The number of nitrogens with zero attached hydrogens (tertiary/aromatic N) is 1. The molecule has 0 unspecified atom stereocenters. The average molecular weight is 205 g/mol. The van der Waals surface area contributed by atoms with Gasteiger partial charge < -0.3 is 0 Å². The standard InChI is InChI=1S/C14H23N/c1-7-14(5,6)11-8-9-15-12(10-11)13(2,3)4/h8-10H,7H2,1-6H3. The van der Waals surface area contributed by atoms with E-state index in [0.717, 1.165) is 6.42 Å². The van der Waals surface area contributed by atoms with E-state index in [4.69, 9.17) is 0 Å². The van der Waals surface area contributed by atoms with Crippen molar-refractivity contribution in [2.45, 2.75) is 58.8 Å². The number of rotatable bonds is 2. The zero-order chi connectivity index (χ0) is 11.7. The SMILES string of the molecule is CCC(C)(C)c1ccnc(C(C)(C)C)c1. The van der Waals surface area contributed by atoms with Crippen LogP contribution < -0.4 is 0 Å². The van der Waals surface area contributed by atoms with Crippen molar-refractivity contribution in [3.05, 3.63) is 29.6 Å². The molecule has 1 heterocycles. The summed E-state index contributed by atoms with van der Waals surface area (Å²) in [7, 11) is 0. The molecule has 0 N–H and O–H groups in total. The summed E-state index contributed by atoms with van der Waals surface area (Å²) in [4.78, 5) is 4.46. The van der Waals surface area contributed by atoms with Crippen molar-refractivity contribution in [1.82, 2.24) is 4.98 Å². The summed E-state index contributed by atoms with van der Waals surface area (Å²) in [6, 6.07) is 4.39. The van der Waals surface area contributed by atoms with Crippen molar-refractivity contribution in [3.63, 3.8) is 0 Å². The molecule has 84 valence electrons. The Balaban J connectivity index is 3.14. The van der Waals surface area contributed by atoms with Crippen molar-refractivity contribution in [1.29, 1.82) is 0 Å². The summed E-state index contributed by atoms with van der Waals surface area (Å²) in [6.07, 6.45) is 3.09. The smallest absolute Gasteiger partial charge is 0.0459 e. The molecular weight excluding hydrogens is 182 g/mol. The first-order chi connectivity index (χ1) is 6.77. The second-order valence-electron chi connectivity index (χ2n) is 5.92. The molecule has 1 aromatic rings. The van der Waals surface area contributed by atoms with Gasteiger partial charge in [-0.15, -0.1) is 0 Å². The first-order valence-corrected chi connectivity index (χ1v) is 5.74. The summed E-state index contributed by atoms with van der Waals surface area (Å²) in [6.45, 7) is 13.4. The highest BCUT2D eigenvalue weighted by atomic mass is 14.7. The van der Waals surface area contributed by atoms with Gasteiger partial charge in [0.15, 0.2) is 0 Å². The first-order valence-electron chi connectivity index (χ1n) is 5.74. The van der Waals surface area contributed by atoms with Gasteiger partial charge in [0, 0.05) is 17.3 Å². The molecule has 0 bridgehead atoms. The van der Waals surface area contributed by atoms with E-state index in [9.17, 15) is 0 Å². The maximum absolute atomic E-state index is 4.46. The van der Waals surface area contributed by atoms with E-state index >= 15 is 0 Å². The minimum absolute atomic E-state index is 0.139. The maximum Gasteiger partial charge on any atom is 0.0459 e. The molecule has 0 fully saturated rings. The Morgan fingerprint density at radius 1 is 1.13 bits per heavy atom. The highest BCUT2D eigenvalue weighted by molar-refractivity contribution is 5.27. The lowest BCUT2D eigenvalue weighted by Gasteiger charge is -2.26. The molecule has 1 aromatic heterocycles. The van der Waals surface area contributed by atoms with Crippen LogP contribution in [0.1, 0.15) is 59.2 Å². The summed E-state index contributed by atoms with van der Waals surface area (Å²) >= 11 is 0. The molecular formula is C14H23N. The van der Waals surface area contributed by atoms with Crippen molar-refractivity contribution in [2.75, 3.05) is 0 Å². The second-order valence-corrected chi connectivity index (χ2v) is 5.92. The molecule has 0 amide bonds. The third kappa shape index (κ3) is 2.80. The fraction of sp³-hybridized carbons (Fsp3) is 0.643. The van der Waals surface area contributed by atoms with Crippen LogP contribution in [-0.2, 0) is 10.8 Å². The van der Waals surface area contributed by atoms with Gasteiger partial charge in [0.1, 0.15) is 0 Å². The highest BCUT2D eigenvalue weighted by Gasteiger charge is 2.21. The van der Waals surface area contributed by atoms with Crippen LogP contribution in [0.15, 0.2) is 18.3 Å². The Morgan fingerprint density at radius 3 is 2.20 bits per heavy atom. The van der Waals surface area contributed by atoms with Crippen LogP contribution >= 0.6 is 0 Å². The molecule has 0 saturated carbocycles. The van der Waals surface area contributed by atoms with Gasteiger partial charge in [0.2, 0.25) is 0 Å². The van der Waals surface area contributed by atoms with Gasteiger partial charge in [-0.1, -0.05) is 41.5 Å². The zero-order valence-electron chi connectivity index (χ0n) is 10.9. The Labute approximate surface area is 93.9 Å². The van der Waals surface area contributed by atoms with E-state index < -0.39 is 0 Å². The molecule has 15 heavy (non-hydrogen) atoms. The van der Waals surface area contributed by atoms with Gasteiger partial charge in [-0.25, -0.2) is 0 Å². The Morgan fingerprint density at radius 2 is 1.73 bits per heavy atom. The van der Waals surface area contributed by atoms with Gasteiger partial charge in [-0.2, -0.15) is 0 Å². The molecule has 1 heteroatoms. The Bertz CT molecular complexity index is 331. The number of aromatic nitrogens is 1. The normalized spacial score (nSPS) is 12.9. The number of hydrogen-bond donors (Lipinski definition) is 0. The maximum atomic E-state index is 4.46. The molecule has 0 aromatic carbocycles. The predicted octanol–water partition coefficient (Wildman–Crippen LogP) is 4.07. The van der Waals surface area contributed by atoms with Gasteiger partial charge in [0.05, 0.1) is 0 Å². The zero-order valence-corrected chi connectivity index (χ0v) is 10.9. The summed E-state index contributed by atoms with van der Waals surface area (Å²) in [5, 5.41) is 0. The molecule has 0 spiro atoms. The topological polar surface area (TPSA) is 12.9 Å². The molecule has 0 saturated heterocycles. The predicted molar refractivity (Wildman–Crippen MR) is 66.3 cm³/mol. The molecule has 1 nitrogen and oxygen atoms in total. The number of hydrogen-bond acceptors (Lipinski definition) is 1. The quantitative estimate of drug-likeness (QED) is 0.709. The van der Waals surface area contributed by atoms with E-state index in [0.29, 0.717) is 0 Å². The summed E-state index contributed by atoms with van der Waals surface area (Å²) in [5.74, 6) is 0. The molecule has 0 aliphatic heterocycles. The fourth-order valence-electron chi connectivity index (χ4n) is 1.47. The third-order valence-electron chi connectivity index (χ3n) is 3.19.